The van der Waals surface area contributed by atoms with Gasteiger partial charge in [-0.15, -0.1) is 0 Å². The molecule has 25 heavy (non-hydrogen) atoms. The Morgan fingerprint density at radius 2 is 1.76 bits per heavy atom. The van der Waals surface area contributed by atoms with Gasteiger partial charge in [-0.05, 0) is 49.9 Å². The van der Waals surface area contributed by atoms with E-state index in [1.165, 1.54) is 17.2 Å². The van der Waals surface area contributed by atoms with Gasteiger partial charge in [0.2, 0.25) is 5.91 Å². The minimum atomic E-state index is -3.26. The summed E-state index contributed by atoms with van der Waals surface area (Å²) >= 11 is 0. The van der Waals surface area contributed by atoms with Gasteiger partial charge in [0, 0.05) is 12.1 Å². The molecular formula is C20H25NO3S. The Labute approximate surface area is 150 Å². The lowest BCUT2D eigenvalue weighted by atomic mass is 10.1. The van der Waals surface area contributed by atoms with E-state index in [2.05, 4.69) is 36.5 Å². The molecule has 0 saturated heterocycles. The van der Waals surface area contributed by atoms with E-state index in [9.17, 15) is 13.2 Å². The Bertz CT molecular complexity index is 811. The van der Waals surface area contributed by atoms with Gasteiger partial charge >= 0.3 is 0 Å². The zero-order valence-electron chi connectivity index (χ0n) is 14.8. The van der Waals surface area contributed by atoms with Crippen LogP contribution in [-0.4, -0.2) is 20.1 Å². The van der Waals surface area contributed by atoms with Crippen LogP contribution in [-0.2, 0) is 21.1 Å². The second kappa shape index (κ2) is 8.81. The number of sulfone groups is 1. The molecule has 5 heteroatoms. The standard InChI is InChI=1S/C20H25NO3S/c1-3-25(23,24)19-9-6-8-18(15-19)21-20(22)10-5-4-7-17-13-11-16(2)12-14-17/h6,8-9,11-15H,3-5,7,10H2,1-2H3,(H,21,22). The van der Waals surface area contributed by atoms with E-state index < -0.39 is 9.84 Å². The molecule has 0 atom stereocenters. The maximum atomic E-state index is 12.0. The molecule has 2 rings (SSSR count). The summed E-state index contributed by atoms with van der Waals surface area (Å²) in [6.07, 6.45) is 3.13. The second-order valence-electron chi connectivity index (χ2n) is 6.17. The number of benzene rings is 2. The van der Waals surface area contributed by atoms with Gasteiger partial charge in [0.1, 0.15) is 0 Å². The van der Waals surface area contributed by atoms with Crippen molar-refractivity contribution in [3.05, 3.63) is 59.7 Å². The molecule has 0 aliphatic carbocycles. The van der Waals surface area contributed by atoms with Crippen LogP contribution in [0.25, 0.3) is 0 Å². The fourth-order valence-corrected chi connectivity index (χ4v) is 3.45. The van der Waals surface area contributed by atoms with Gasteiger partial charge in [0.15, 0.2) is 9.84 Å². The van der Waals surface area contributed by atoms with Crippen LogP contribution >= 0.6 is 0 Å². The third kappa shape index (κ3) is 6.02. The van der Waals surface area contributed by atoms with Crippen LogP contribution < -0.4 is 5.32 Å². The van der Waals surface area contributed by atoms with E-state index >= 15 is 0 Å². The predicted molar refractivity (Wildman–Crippen MR) is 102 cm³/mol. The van der Waals surface area contributed by atoms with Gasteiger partial charge in [-0.1, -0.05) is 42.8 Å². The van der Waals surface area contributed by atoms with Crippen LogP contribution in [0, 0.1) is 6.92 Å². The number of anilines is 1. The Morgan fingerprint density at radius 3 is 2.44 bits per heavy atom. The number of amides is 1. The topological polar surface area (TPSA) is 63.2 Å². The zero-order chi connectivity index (χ0) is 18.3. The van der Waals surface area contributed by atoms with Gasteiger partial charge in [-0.25, -0.2) is 8.42 Å². The first-order valence-corrected chi connectivity index (χ1v) is 10.2. The highest BCUT2D eigenvalue weighted by atomic mass is 32.2. The lowest BCUT2D eigenvalue weighted by molar-refractivity contribution is -0.116. The average molecular weight is 359 g/mol. The quantitative estimate of drug-likeness (QED) is 0.721. The molecule has 2 aromatic rings. The minimum Gasteiger partial charge on any atom is -0.326 e. The number of hydrogen-bond donors (Lipinski definition) is 1. The molecule has 1 N–H and O–H groups in total. The fraction of sp³-hybridized carbons (Fsp3) is 0.350. The number of unbranched alkanes of at least 4 members (excludes halogenated alkanes) is 1. The van der Waals surface area contributed by atoms with Crippen molar-refractivity contribution in [1.82, 2.24) is 0 Å². The summed E-state index contributed by atoms with van der Waals surface area (Å²) in [5.74, 6) is -0.0430. The summed E-state index contributed by atoms with van der Waals surface area (Å²) < 4.78 is 23.8. The summed E-state index contributed by atoms with van der Waals surface area (Å²) in [5, 5.41) is 2.78. The average Bonchev–Trinajstić information content (AvgIpc) is 2.60. The predicted octanol–water partition coefficient (Wildman–Crippen LogP) is 4.14. The Kier molecular flexibility index (Phi) is 6.76. The van der Waals surface area contributed by atoms with Crippen LogP contribution in [0.15, 0.2) is 53.4 Å². The van der Waals surface area contributed by atoms with Crippen LogP contribution in [0.5, 0.6) is 0 Å². The summed E-state index contributed by atoms with van der Waals surface area (Å²) in [4.78, 5) is 12.3. The molecule has 4 nitrogen and oxygen atoms in total. The highest BCUT2D eigenvalue weighted by Crippen LogP contribution is 2.17. The molecule has 0 unspecified atom stereocenters. The van der Waals surface area contributed by atoms with Crippen molar-refractivity contribution in [2.75, 3.05) is 11.1 Å². The summed E-state index contributed by atoms with van der Waals surface area (Å²) in [6, 6.07) is 14.9. The molecule has 0 fully saturated rings. The SMILES string of the molecule is CCS(=O)(=O)c1cccc(NC(=O)CCCCc2ccc(C)cc2)c1. The van der Waals surface area contributed by atoms with Crippen LogP contribution in [0.4, 0.5) is 5.69 Å². The first-order valence-electron chi connectivity index (χ1n) is 8.59. The van der Waals surface area contributed by atoms with E-state index in [0.29, 0.717) is 12.1 Å². The highest BCUT2D eigenvalue weighted by Gasteiger charge is 2.12. The lowest BCUT2D eigenvalue weighted by Gasteiger charge is -2.08. The Morgan fingerprint density at radius 1 is 1.04 bits per heavy atom. The molecule has 1 amide bonds. The molecule has 0 aliphatic heterocycles. The van der Waals surface area contributed by atoms with Gasteiger partial charge in [-0.3, -0.25) is 4.79 Å². The molecule has 0 bridgehead atoms. The molecule has 0 spiro atoms. The number of carbonyl (C=O) groups is 1. The molecular weight excluding hydrogens is 334 g/mol. The first kappa shape index (κ1) is 19.2. The van der Waals surface area contributed by atoms with Gasteiger partial charge in [-0.2, -0.15) is 0 Å². The van der Waals surface area contributed by atoms with Gasteiger partial charge < -0.3 is 5.32 Å². The molecule has 0 heterocycles. The number of nitrogens with one attached hydrogen (secondary N) is 1. The molecule has 2 aromatic carbocycles. The van der Waals surface area contributed by atoms with Crippen molar-refractivity contribution in [1.29, 1.82) is 0 Å². The van der Waals surface area contributed by atoms with Gasteiger partial charge in [0.05, 0.1) is 10.6 Å². The maximum absolute atomic E-state index is 12.0. The minimum absolute atomic E-state index is 0.0450. The van der Waals surface area contributed by atoms with Crippen molar-refractivity contribution < 1.29 is 13.2 Å². The van der Waals surface area contributed by atoms with Crippen LogP contribution in [0.3, 0.4) is 0 Å². The normalized spacial score (nSPS) is 11.3. The van der Waals surface area contributed by atoms with Gasteiger partial charge in [0.25, 0.3) is 0 Å². The van der Waals surface area contributed by atoms with Crippen molar-refractivity contribution in [3.8, 4) is 0 Å². The smallest absolute Gasteiger partial charge is 0.224 e. The summed E-state index contributed by atoms with van der Waals surface area (Å²) in [7, 11) is -3.26. The number of rotatable bonds is 8. The monoisotopic (exact) mass is 359 g/mol. The van der Waals surface area contributed by atoms with Crippen molar-refractivity contribution >= 4 is 21.4 Å². The van der Waals surface area contributed by atoms with E-state index in [-0.39, 0.29) is 16.6 Å². The fourth-order valence-electron chi connectivity index (χ4n) is 2.53. The van der Waals surface area contributed by atoms with Crippen LogP contribution in [0.2, 0.25) is 0 Å². The maximum Gasteiger partial charge on any atom is 0.224 e. The number of hydrogen-bond acceptors (Lipinski definition) is 3. The zero-order valence-corrected chi connectivity index (χ0v) is 15.6. The number of carbonyl (C=O) groups excluding carboxylic acids is 1. The Hall–Kier alpha value is -2.14. The highest BCUT2D eigenvalue weighted by molar-refractivity contribution is 7.91. The number of aryl methyl sites for hydroxylation is 2. The molecule has 0 aliphatic rings. The van der Waals surface area contributed by atoms with E-state index in [1.54, 1.807) is 25.1 Å². The van der Waals surface area contributed by atoms with E-state index in [1.807, 2.05) is 0 Å². The first-order chi connectivity index (χ1) is 11.9. The third-order valence-corrected chi connectivity index (χ3v) is 5.83. The second-order valence-corrected chi connectivity index (χ2v) is 8.45. The van der Waals surface area contributed by atoms with Crippen molar-refractivity contribution in [2.45, 2.75) is 44.4 Å². The van der Waals surface area contributed by atoms with E-state index in [4.69, 9.17) is 0 Å². The summed E-state index contributed by atoms with van der Waals surface area (Å²) in [5.41, 5.74) is 3.05. The van der Waals surface area contributed by atoms with Crippen molar-refractivity contribution in [3.63, 3.8) is 0 Å². The largest absolute Gasteiger partial charge is 0.326 e. The molecule has 0 aromatic heterocycles. The lowest BCUT2D eigenvalue weighted by Crippen LogP contribution is -2.12. The third-order valence-electron chi connectivity index (χ3n) is 4.10. The Balaban J connectivity index is 1.80. The van der Waals surface area contributed by atoms with Crippen LogP contribution in [0.1, 0.15) is 37.3 Å². The summed E-state index contributed by atoms with van der Waals surface area (Å²) in [6.45, 7) is 3.67. The van der Waals surface area contributed by atoms with Crippen molar-refractivity contribution in [2.24, 2.45) is 0 Å². The molecule has 0 radical (unpaired) electrons. The molecule has 0 saturated carbocycles. The molecule has 134 valence electrons. The van der Waals surface area contributed by atoms with E-state index in [0.717, 1.165) is 19.3 Å².